The van der Waals surface area contributed by atoms with E-state index in [9.17, 15) is 9.59 Å². The second kappa shape index (κ2) is 8.53. The molecule has 6 nitrogen and oxygen atoms in total. The number of benzene rings is 2. The molecule has 1 atom stereocenters. The summed E-state index contributed by atoms with van der Waals surface area (Å²) in [6.45, 7) is 0. The topological polar surface area (TPSA) is 78.1 Å². The molecule has 1 aliphatic carbocycles. The van der Waals surface area contributed by atoms with Gasteiger partial charge in [-0.15, -0.1) is 0 Å². The van der Waals surface area contributed by atoms with Crippen LogP contribution in [0.25, 0.3) is 0 Å². The van der Waals surface area contributed by atoms with Gasteiger partial charge < -0.3 is 15.2 Å². The van der Waals surface area contributed by atoms with Crippen molar-refractivity contribution < 1.29 is 4.79 Å². The highest BCUT2D eigenvalue weighted by Gasteiger charge is 2.27. The van der Waals surface area contributed by atoms with Crippen LogP contribution in [-0.4, -0.2) is 30.0 Å². The van der Waals surface area contributed by atoms with E-state index in [4.69, 9.17) is 0 Å². The lowest BCUT2D eigenvalue weighted by Crippen LogP contribution is -2.30. The zero-order chi connectivity index (χ0) is 21.1. The molecule has 1 fully saturated rings. The van der Waals surface area contributed by atoms with Crippen molar-refractivity contribution in [3.8, 4) is 0 Å². The molecule has 3 aromatic rings. The van der Waals surface area contributed by atoms with Crippen molar-refractivity contribution in [3.63, 3.8) is 0 Å². The summed E-state index contributed by atoms with van der Waals surface area (Å²) in [4.78, 5) is 34.5. The van der Waals surface area contributed by atoms with Gasteiger partial charge in [0, 0.05) is 43.8 Å². The fourth-order valence-corrected chi connectivity index (χ4v) is 3.48. The summed E-state index contributed by atoms with van der Waals surface area (Å²) >= 11 is 0. The molecule has 1 aromatic heterocycles. The smallest absolute Gasteiger partial charge is 0.251 e. The number of anilines is 1. The van der Waals surface area contributed by atoms with E-state index < -0.39 is 0 Å². The van der Waals surface area contributed by atoms with Crippen LogP contribution in [0.3, 0.4) is 0 Å². The van der Waals surface area contributed by atoms with E-state index in [0.717, 1.165) is 29.9 Å². The first-order valence-electron chi connectivity index (χ1n) is 10.2. The van der Waals surface area contributed by atoms with Crippen LogP contribution < -0.4 is 15.8 Å². The molecule has 1 saturated carbocycles. The third-order valence-corrected chi connectivity index (χ3v) is 5.34. The fraction of sp³-hybridized carbons (Fsp3) is 0.292. The van der Waals surface area contributed by atoms with Crippen LogP contribution in [0, 0.1) is 0 Å². The number of carbonyl (C=O) groups is 1. The highest BCUT2D eigenvalue weighted by atomic mass is 16.1. The van der Waals surface area contributed by atoms with Gasteiger partial charge in [0.15, 0.2) is 0 Å². The van der Waals surface area contributed by atoms with Crippen LogP contribution in [0.4, 0.5) is 5.69 Å². The lowest BCUT2D eigenvalue weighted by Gasteiger charge is -2.20. The molecule has 0 unspecified atom stereocenters. The number of nitrogens with zero attached hydrogens (tertiary/aromatic N) is 2. The maximum absolute atomic E-state index is 12.9. The van der Waals surface area contributed by atoms with Gasteiger partial charge in [-0.25, -0.2) is 4.98 Å². The Balaban J connectivity index is 1.57. The number of carbonyl (C=O) groups excluding carboxylic acids is 1. The summed E-state index contributed by atoms with van der Waals surface area (Å²) in [6.07, 6.45) is 2.58. The fourth-order valence-electron chi connectivity index (χ4n) is 3.48. The van der Waals surface area contributed by atoms with Crippen molar-refractivity contribution in [1.82, 2.24) is 15.3 Å². The monoisotopic (exact) mass is 402 g/mol. The van der Waals surface area contributed by atoms with Crippen molar-refractivity contribution in [1.29, 1.82) is 0 Å². The quantitative estimate of drug-likeness (QED) is 0.635. The number of aromatic amines is 1. The number of amides is 1. The molecule has 0 bridgehead atoms. The molecule has 4 rings (SSSR count). The van der Waals surface area contributed by atoms with Crippen molar-refractivity contribution in [2.75, 3.05) is 19.0 Å². The summed E-state index contributed by atoms with van der Waals surface area (Å²) < 4.78 is 0. The highest BCUT2D eigenvalue weighted by Crippen LogP contribution is 2.37. The molecule has 1 amide bonds. The average Bonchev–Trinajstić information content (AvgIpc) is 3.59. The van der Waals surface area contributed by atoms with E-state index in [1.54, 1.807) is 0 Å². The van der Waals surface area contributed by atoms with Crippen molar-refractivity contribution in [2.24, 2.45) is 0 Å². The van der Waals surface area contributed by atoms with Crippen LogP contribution in [-0.2, 0) is 6.42 Å². The van der Waals surface area contributed by atoms with Gasteiger partial charge in [0.05, 0.1) is 11.7 Å². The third kappa shape index (κ3) is 4.76. The lowest BCUT2D eigenvalue weighted by atomic mass is 10.0. The summed E-state index contributed by atoms with van der Waals surface area (Å²) in [5.41, 5.74) is 3.16. The van der Waals surface area contributed by atoms with E-state index in [1.165, 1.54) is 6.07 Å². The lowest BCUT2D eigenvalue weighted by molar-refractivity contribution is 0.0936. The summed E-state index contributed by atoms with van der Waals surface area (Å²) in [7, 11) is 3.93. The summed E-state index contributed by atoms with van der Waals surface area (Å²) in [6, 6.07) is 18.5. The minimum Gasteiger partial charge on any atom is -0.378 e. The Morgan fingerprint density at radius 3 is 2.47 bits per heavy atom. The Hall–Kier alpha value is -3.41. The minimum atomic E-state index is -0.284. The normalized spacial score (nSPS) is 14.2. The predicted octanol–water partition coefficient (Wildman–Crippen LogP) is 3.43. The second-order valence-electron chi connectivity index (χ2n) is 7.98. The molecular weight excluding hydrogens is 376 g/mol. The van der Waals surface area contributed by atoms with E-state index in [2.05, 4.69) is 15.3 Å². The zero-order valence-corrected chi connectivity index (χ0v) is 17.3. The second-order valence-corrected chi connectivity index (χ2v) is 7.98. The molecule has 1 aliphatic rings. The molecule has 30 heavy (non-hydrogen) atoms. The maximum atomic E-state index is 12.9. The van der Waals surface area contributed by atoms with Gasteiger partial charge >= 0.3 is 0 Å². The van der Waals surface area contributed by atoms with Gasteiger partial charge in [0.1, 0.15) is 5.82 Å². The average molecular weight is 402 g/mol. The number of H-pyrrole nitrogens is 1. The largest absolute Gasteiger partial charge is 0.378 e. The number of nitrogens with one attached hydrogen (secondary N) is 2. The van der Waals surface area contributed by atoms with Crippen LogP contribution in [0.1, 0.15) is 52.2 Å². The standard InChI is InChI=1S/C24H26N4O2/c1-28(2)20-12-10-18(11-13-20)24(30)26-21(16-6-4-3-5-7-16)14-19-15-22(29)27-23(25-19)17-8-9-17/h3-7,10-13,15,17,21H,8-9,14H2,1-2H3,(H,26,30)(H,25,27,29)/t21-/m0/s1. The third-order valence-electron chi connectivity index (χ3n) is 5.34. The Labute approximate surface area is 176 Å². The molecule has 0 saturated heterocycles. The summed E-state index contributed by atoms with van der Waals surface area (Å²) in [5, 5.41) is 3.13. The van der Waals surface area contributed by atoms with Gasteiger partial charge in [-0.2, -0.15) is 0 Å². The molecule has 0 aliphatic heterocycles. The van der Waals surface area contributed by atoms with Gasteiger partial charge in [0.2, 0.25) is 0 Å². The molecular formula is C24H26N4O2. The first kappa shape index (κ1) is 19.9. The van der Waals surface area contributed by atoms with Gasteiger partial charge in [-0.1, -0.05) is 30.3 Å². The van der Waals surface area contributed by atoms with Gasteiger partial charge in [-0.3, -0.25) is 9.59 Å². The van der Waals surface area contributed by atoms with E-state index in [0.29, 0.717) is 23.6 Å². The van der Waals surface area contributed by atoms with Crippen LogP contribution in [0.15, 0.2) is 65.5 Å². The minimum absolute atomic E-state index is 0.140. The Morgan fingerprint density at radius 2 is 1.83 bits per heavy atom. The van der Waals surface area contributed by atoms with Crippen LogP contribution in [0.5, 0.6) is 0 Å². The van der Waals surface area contributed by atoms with Gasteiger partial charge in [0.25, 0.3) is 11.5 Å². The van der Waals surface area contributed by atoms with E-state index in [-0.39, 0.29) is 17.5 Å². The predicted molar refractivity (Wildman–Crippen MR) is 118 cm³/mol. The molecule has 2 aromatic carbocycles. The highest BCUT2D eigenvalue weighted by molar-refractivity contribution is 5.94. The SMILES string of the molecule is CN(C)c1ccc(C(=O)N[C@@H](Cc2cc(=O)[nH]c(C3CC3)n2)c2ccccc2)cc1. The molecule has 0 spiro atoms. The first-order valence-corrected chi connectivity index (χ1v) is 10.2. The van der Waals surface area contributed by atoms with Crippen LogP contribution in [0.2, 0.25) is 0 Å². The van der Waals surface area contributed by atoms with Crippen LogP contribution >= 0.6 is 0 Å². The molecule has 2 N–H and O–H groups in total. The first-order chi connectivity index (χ1) is 14.5. The maximum Gasteiger partial charge on any atom is 0.251 e. The van der Waals surface area contributed by atoms with Gasteiger partial charge in [-0.05, 0) is 42.7 Å². The molecule has 6 heteroatoms. The number of rotatable bonds is 7. The molecule has 0 radical (unpaired) electrons. The summed E-state index contributed by atoms with van der Waals surface area (Å²) in [5.74, 6) is 0.967. The van der Waals surface area contributed by atoms with Crippen molar-refractivity contribution in [2.45, 2.75) is 31.2 Å². The molecule has 154 valence electrons. The number of aromatic nitrogens is 2. The van der Waals surface area contributed by atoms with E-state index in [1.807, 2.05) is 73.6 Å². The Kier molecular flexibility index (Phi) is 5.65. The zero-order valence-electron chi connectivity index (χ0n) is 17.3. The van der Waals surface area contributed by atoms with Crippen molar-refractivity contribution in [3.05, 3.63) is 93.7 Å². The Morgan fingerprint density at radius 1 is 1.13 bits per heavy atom. The molecule has 1 heterocycles. The number of hydrogen-bond acceptors (Lipinski definition) is 4. The number of hydrogen-bond donors (Lipinski definition) is 2. The van der Waals surface area contributed by atoms with Crippen molar-refractivity contribution >= 4 is 11.6 Å². The Bertz CT molecular complexity index is 1070. The van der Waals surface area contributed by atoms with E-state index >= 15 is 0 Å².